The zero-order valence-electron chi connectivity index (χ0n) is 6.76. The Morgan fingerprint density at radius 2 is 1.92 bits per heavy atom. The molecule has 0 saturated heterocycles. The van der Waals surface area contributed by atoms with E-state index in [-0.39, 0.29) is 6.54 Å². The van der Waals surface area contributed by atoms with E-state index >= 15 is 0 Å². The van der Waals surface area contributed by atoms with E-state index in [1.807, 2.05) is 0 Å². The molecular formula is C6H10F3NO2S. The highest BCUT2D eigenvalue weighted by Gasteiger charge is 2.45. The van der Waals surface area contributed by atoms with Gasteiger partial charge in [-0.25, -0.2) is 13.1 Å². The summed E-state index contributed by atoms with van der Waals surface area (Å²) in [5.41, 5.74) is -5.22. The Labute approximate surface area is 74.7 Å². The summed E-state index contributed by atoms with van der Waals surface area (Å²) in [6.45, 7) is 3.12. The molecular weight excluding hydrogens is 207 g/mol. The van der Waals surface area contributed by atoms with Crippen LogP contribution in [0.15, 0.2) is 12.7 Å². The SMILES string of the molecule is C=CCCCNS(=O)(=O)C(F)(F)F. The summed E-state index contributed by atoms with van der Waals surface area (Å²) in [4.78, 5) is 0. The molecule has 0 saturated carbocycles. The van der Waals surface area contributed by atoms with Crippen molar-refractivity contribution < 1.29 is 21.6 Å². The molecule has 0 aliphatic carbocycles. The lowest BCUT2D eigenvalue weighted by Crippen LogP contribution is -2.36. The van der Waals surface area contributed by atoms with Gasteiger partial charge in [0.15, 0.2) is 0 Å². The number of rotatable bonds is 5. The Bertz CT molecular complexity index is 258. The Kier molecular flexibility index (Phi) is 4.41. The second-order valence-electron chi connectivity index (χ2n) is 2.27. The van der Waals surface area contributed by atoms with Crippen LogP contribution >= 0.6 is 0 Å². The third-order valence-corrected chi connectivity index (χ3v) is 2.38. The number of sulfonamides is 1. The van der Waals surface area contributed by atoms with Gasteiger partial charge in [-0.05, 0) is 12.8 Å². The molecule has 0 aromatic heterocycles. The fraction of sp³-hybridized carbons (Fsp3) is 0.667. The molecule has 78 valence electrons. The summed E-state index contributed by atoms with van der Waals surface area (Å²) in [5, 5.41) is 0. The lowest BCUT2D eigenvalue weighted by molar-refractivity contribution is -0.0447. The minimum absolute atomic E-state index is 0.228. The van der Waals surface area contributed by atoms with Crippen molar-refractivity contribution in [3.63, 3.8) is 0 Å². The number of allylic oxidation sites excluding steroid dienone is 1. The standard InChI is InChI=1S/C6H10F3NO2S/c1-2-3-4-5-10-13(11,12)6(7,8)9/h2,10H,1,3-5H2. The first-order chi connectivity index (χ1) is 5.81. The van der Waals surface area contributed by atoms with Crippen LogP contribution in [0.25, 0.3) is 0 Å². The van der Waals surface area contributed by atoms with Crippen molar-refractivity contribution in [1.82, 2.24) is 4.72 Å². The van der Waals surface area contributed by atoms with Crippen molar-refractivity contribution >= 4 is 10.0 Å². The van der Waals surface area contributed by atoms with E-state index in [0.717, 1.165) is 0 Å². The molecule has 13 heavy (non-hydrogen) atoms. The molecule has 0 bridgehead atoms. The summed E-state index contributed by atoms with van der Waals surface area (Å²) in [6.07, 6.45) is 2.28. The molecule has 0 spiro atoms. The molecule has 7 heteroatoms. The van der Waals surface area contributed by atoms with Gasteiger partial charge < -0.3 is 0 Å². The lowest BCUT2D eigenvalue weighted by Gasteiger charge is -2.08. The predicted octanol–water partition coefficient (Wildman–Crippen LogP) is 1.39. The average molecular weight is 217 g/mol. The van der Waals surface area contributed by atoms with E-state index < -0.39 is 15.5 Å². The fourth-order valence-electron chi connectivity index (χ4n) is 0.535. The molecule has 3 nitrogen and oxygen atoms in total. The van der Waals surface area contributed by atoms with Crippen LogP contribution in [-0.4, -0.2) is 20.5 Å². The van der Waals surface area contributed by atoms with Gasteiger partial charge in [0.25, 0.3) is 0 Å². The van der Waals surface area contributed by atoms with Crippen molar-refractivity contribution in [3.05, 3.63) is 12.7 Å². The van der Waals surface area contributed by atoms with E-state index in [1.54, 1.807) is 0 Å². The normalized spacial score (nSPS) is 12.8. The number of nitrogens with one attached hydrogen (secondary N) is 1. The summed E-state index contributed by atoms with van der Waals surface area (Å²) in [6, 6.07) is 0. The molecule has 0 heterocycles. The van der Waals surface area contributed by atoms with Gasteiger partial charge >= 0.3 is 15.5 Å². The van der Waals surface area contributed by atoms with Crippen LogP contribution in [0.2, 0.25) is 0 Å². The van der Waals surface area contributed by atoms with Gasteiger partial charge in [0.05, 0.1) is 0 Å². The molecule has 0 fully saturated rings. The molecule has 0 aliphatic heterocycles. The van der Waals surface area contributed by atoms with Gasteiger partial charge in [0, 0.05) is 6.54 Å². The zero-order chi connectivity index (χ0) is 10.5. The van der Waals surface area contributed by atoms with Crippen molar-refractivity contribution in [1.29, 1.82) is 0 Å². The topological polar surface area (TPSA) is 46.2 Å². The van der Waals surface area contributed by atoms with Crippen LogP contribution in [0.4, 0.5) is 13.2 Å². The Morgan fingerprint density at radius 1 is 1.38 bits per heavy atom. The molecule has 0 rings (SSSR count). The fourth-order valence-corrected chi connectivity index (χ4v) is 1.11. The van der Waals surface area contributed by atoms with Crippen LogP contribution in [0.1, 0.15) is 12.8 Å². The third kappa shape index (κ3) is 4.28. The van der Waals surface area contributed by atoms with Crippen LogP contribution in [0.3, 0.4) is 0 Å². The second kappa shape index (κ2) is 4.61. The largest absolute Gasteiger partial charge is 0.511 e. The highest BCUT2D eigenvalue weighted by Crippen LogP contribution is 2.21. The van der Waals surface area contributed by atoms with Gasteiger partial charge in [-0.2, -0.15) is 13.2 Å². The number of alkyl halides is 3. The quantitative estimate of drug-likeness (QED) is 0.558. The van der Waals surface area contributed by atoms with Crippen molar-refractivity contribution in [2.75, 3.05) is 6.54 Å². The first kappa shape index (κ1) is 12.4. The molecule has 0 atom stereocenters. The predicted molar refractivity (Wildman–Crippen MR) is 42.4 cm³/mol. The van der Waals surface area contributed by atoms with Crippen LogP contribution in [-0.2, 0) is 10.0 Å². The minimum atomic E-state index is -5.22. The highest BCUT2D eigenvalue weighted by molar-refractivity contribution is 7.90. The smallest absolute Gasteiger partial charge is 0.207 e. The van der Waals surface area contributed by atoms with E-state index in [2.05, 4.69) is 6.58 Å². The first-order valence-corrected chi connectivity index (χ1v) is 4.96. The van der Waals surface area contributed by atoms with Gasteiger partial charge in [0.1, 0.15) is 0 Å². The number of hydrogen-bond acceptors (Lipinski definition) is 2. The number of unbranched alkanes of at least 4 members (excludes halogenated alkanes) is 1. The average Bonchev–Trinajstić information content (AvgIpc) is 1.96. The molecule has 1 N–H and O–H groups in total. The molecule has 0 aliphatic rings. The Balaban J connectivity index is 3.99. The highest BCUT2D eigenvalue weighted by atomic mass is 32.2. The van der Waals surface area contributed by atoms with E-state index in [0.29, 0.717) is 12.8 Å². The first-order valence-electron chi connectivity index (χ1n) is 3.48. The summed E-state index contributed by atoms with van der Waals surface area (Å²) >= 11 is 0. The van der Waals surface area contributed by atoms with Gasteiger partial charge in [0.2, 0.25) is 0 Å². The van der Waals surface area contributed by atoms with Gasteiger partial charge in [-0.15, -0.1) is 6.58 Å². The third-order valence-electron chi connectivity index (χ3n) is 1.18. The summed E-state index contributed by atoms with van der Waals surface area (Å²) in [7, 11) is -5.16. The van der Waals surface area contributed by atoms with Gasteiger partial charge in [-0.3, -0.25) is 0 Å². The minimum Gasteiger partial charge on any atom is -0.207 e. The van der Waals surface area contributed by atoms with Crippen LogP contribution in [0, 0.1) is 0 Å². The Hall–Kier alpha value is -0.560. The van der Waals surface area contributed by atoms with Crippen molar-refractivity contribution in [2.45, 2.75) is 18.3 Å². The van der Waals surface area contributed by atoms with Crippen LogP contribution < -0.4 is 4.72 Å². The zero-order valence-corrected chi connectivity index (χ0v) is 7.58. The van der Waals surface area contributed by atoms with Crippen LogP contribution in [0.5, 0.6) is 0 Å². The van der Waals surface area contributed by atoms with Gasteiger partial charge in [-0.1, -0.05) is 6.08 Å². The number of halogens is 3. The molecule has 0 unspecified atom stereocenters. The molecule has 0 aromatic carbocycles. The van der Waals surface area contributed by atoms with Crippen molar-refractivity contribution in [3.8, 4) is 0 Å². The maximum absolute atomic E-state index is 11.7. The van der Waals surface area contributed by atoms with Crippen molar-refractivity contribution in [2.24, 2.45) is 0 Å². The van der Waals surface area contributed by atoms with E-state index in [9.17, 15) is 21.6 Å². The monoisotopic (exact) mass is 217 g/mol. The summed E-state index contributed by atoms with van der Waals surface area (Å²) in [5.74, 6) is 0. The molecule has 0 radical (unpaired) electrons. The lowest BCUT2D eigenvalue weighted by atomic mass is 10.3. The maximum atomic E-state index is 11.7. The second-order valence-corrected chi connectivity index (χ2v) is 4.03. The molecule has 0 amide bonds. The van der Waals surface area contributed by atoms with E-state index in [4.69, 9.17) is 0 Å². The number of hydrogen-bond donors (Lipinski definition) is 1. The summed E-state index contributed by atoms with van der Waals surface area (Å²) < 4.78 is 57.2. The Morgan fingerprint density at radius 3 is 2.31 bits per heavy atom. The maximum Gasteiger partial charge on any atom is 0.511 e. The van der Waals surface area contributed by atoms with E-state index in [1.165, 1.54) is 10.8 Å². The molecule has 0 aromatic rings.